The van der Waals surface area contributed by atoms with Crippen LogP contribution in [0.4, 0.5) is 4.39 Å². The smallest absolute Gasteiger partial charge is 0.240 e. The molecule has 8 heteroatoms. The van der Waals surface area contributed by atoms with Crippen molar-refractivity contribution in [3.05, 3.63) is 64.4 Å². The lowest BCUT2D eigenvalue weighted by molar-refractivity contribution is 0.0172. The number of ether oxygens (including phenoxy) is 1. The van der Waals surface area contributed by atoms with E-state index in [1.165, 1.54) is 18.2 Å². The van der Waals surface area contributed by atoms with Crippen LogP contribution >= 0.6 is 11.6 Å². The van der Waals surface area contributed by atoms with E-state index in [0.717, 1.165) is 5.56 Å². The van der Waals surface area contributed by atoms with Gasteiger partial charge >= 0.3 is 0 Å². The van der Waals surface area contributed by atoms with Crippen molar-refractivity contribution in [1.29, 1.82) is 0 Å². The van der Waals surface area contributed by atoms with Crippen molar-refractivity contribution in [3.63, 3.8) is 0 Å². The fraction of sp³-hybridized carbons (Fsp3) is 0.368. The molecule has 0 bridgehead atoms. The maximum Gasteiger partial charge on any atom is 0.240 e. The first-order valence-corrected chi connectivity index (χ1v) is 10.6. The fourth-order valence-electron chi connectivity index (χ4n) is 3.21. The van der Waals surface area contributed by atoms with Crippen molar-refractivity contribution in [1.82, 2.24) is 9.62 Å². The lowest BCUT2D eigenvalue weighted by atomic mass is 10.0. The maximum atomic E-state index is 13.3. The number of rotatable bonds is 6. The van der Waals surface area contributed by atoms with Crippen LogP contribution in [0.3, 0.4) is 0 Å². The number of hydrogen-bond donors (Lipinski definition) is 1. The average molecular weight is 413 g/mol. The van der Waals surface area contributed by atoms with E-state index in [0.29, 0.717) is 36.9 Å². The molecule has 0 aromatic heterocycles. The van der Waals surface area contributed by atoms with Gasteiger partial charge in [0.15, 0.2) is 0 Å². The molecular weight excluding hydrogens is 391 g/mol. The van der Waals surface area contributed by atoms with Crippen LogP contribution in [-0.4, -0.2) is 46.2 Å². The molecule has 2 aromatic rings. The number of benzene rings is 2. The first-order valence-electron chi connectivity index (χ1n) is 8.70. The zero-order valence-electron chi connectivity index (χ0n) is 15.0. The molecule has 1 unspecified atom stereocenters. The Bertz CT molecular complexity index is 884. The zero-order chi connectivity index (χ0) is 19.4. The van der Waals surface area contributed by atoms with Crippen molar-refractivity contribution in [2.75, 3.05) is 32.8 Å². The molecule has 0 saturated carbocycles. The molecule has 1 atom stereocenters. The monoisotopic (exact) mass is 412 g/mol. The molecule has 0 spiro atoms. The Kier molecular flexibility index (Phi) is 6.49. The fourth-order valence-corrected chi connectivity index (χ4v) is 4.70. The maximum absolute atomic E-state index is 13.3. The predicted octanol–water partition coefficient (Wildman–Crippen LogP) is 3.14. The largest absolute Gasteiger partial charge is 0.379 e. The van der Waals surface area contributed by atoms with Crippen LogP contribution in [0.15, 0.2) is 47.4 Å². The normalized spacial score (nSPS) is 17.0. The van der Waals surface area contributed by atoms with E-state index in [1.807, 2.05) is 0 Å². The van der Waals surface area contributed by atoms with Crippen LogP contribution in [0.1, 0.15) is 17.2 Å². The molecule has 3 rings (SSSR count). The van der Waals surface area contributed by atoms with E-state index < -0.39 is 10.0 Å². The number of sulfonamides is 1. The van der Waals surface area contributed by atoms with Gasteiger partial charge in [0.25, 0.3) is 0 Å². The summed E-state index contributed by atoms with van der Waals surface area (Å²) in [5, 5.41) is 0.490. The number of morpholine rings is 1. The van der Waals surface area contributed by atoms with Crippen LogP contribution < -0.4 is 4.72 Å². The molecule has 1 aliphatic heterocycles. The Balaban J connectivity index is 1.82. The molecule has 146 valence electrons. The summed E-state index contributed by atoms with van der Waals surface area (Å²) in [5.74, 6) is -0.322. The number of hydrogen-bond acceptors (Lipinski definition) is 4. The van der Waals surface area contributed by atoms with Crippen molar-refractivity contribution < 1.29 is 17.5 Å². The second kappa shape index (κ2) is 8.67. The van der Waals surface area contributed by atoms with Gasteiger partial charge in [-0.15, -0.1) is 0 Å². The number of aryl methyl sites for hydroxylation is 1. The molecule has 1 N–H and O–H groups in total. The zero-order valence-corrected chi connectivity index (χ0v) is 16.6. The van der Waals surface area contributed by atoms with Gasteiger partial charge in [0.1, 0.15) is 5.82 Å². The Morgan fingerprint density at radius 1 is 1.19 bits per heavy atom. The Morgan fingerprint density at radius 2 is 1.85 bits per heavy atom. The van der Waals surface area contributed by atoms with Gasteiger partial charge in [-0.2, -0.15) is 0 Å². The quantitative estimate of drug-likeness (QED) is 0.791. The highest BCUT2D eigenvalue weighted by Gasteiger charge is 2.25. The second-order valence-electron chi connectivity index (χ2n) is 6.48. The van der Waals surface area contributed by atoms with Gasteiger partial charge in [0, 0.05) is 30.7 Å². The van der Waals surface area contributed by atoms with Crippen LogP contribution in [0.5, 0.6) is 0 Å². The van der Waals surface area contributed by atoms with E-state index in [9.17, 15) is 12.8 Å². The van der Waals surface area contributed by atoms with Crippen molar-refractivity contribution in [3.8, 4) is 0 Å². The lowest BCUT2D eigenvalue weighted by Crippen LogP contribution is -2.43. The molecule has 0 aliphatic carbocycles. The number of halogens is 2. The van der Waals surface area contributed by atoms with Crippen LogP contribution in [0, 0.1) is 12.7 Å². The molecule has 0 radical (unpaired) electrons. The summed E-state index contributed by atoms with van der Waals surface area (Å²) >= 11 is 5.92. The van der Waals surface area contributed by atoms with Crippen LogP contribution in [0.2, 0.25) is 5.02 Å². The predicted molar refractivity (Wildman–Crippen MR) is 103 cm³/mol. The standard InChI is InChI=1S/C19H22ClFN2O3S/c1-14-12-16(20)4-7-19(14)27(24,25)22-13-18(23-8-10-26-11-9-23)15-2-5-17(21)6-3-15/h2-7,12,18,22H,8-11,13H2,1H3. The molecule has 2 aromatic carbocycles. The third-order valence-corrected chi connectivity index (χ3v) is 6.45. The Labute approximate surface area is 164 Å². The van der Waals surface area contributed by atoms with E-state index in [4.69, 9.17) is 16.3 Å². The van der Waals surface area contributed by atoms with Gasteiger partial charge in [0.05, 0.1) is 18.1 Å². The third-order valence-electron chi connectivity index (χ3n) is 4.63. The minimum absolute atomic E-state index is 0.177. The van der Waals surface area contributed by atoms with E-state index in [2.05, 4.69) is 9.62 Å². The van der Waals surface area contributed by atoms with Crippen molar-refractivity contribution >= 4 is 21.6 Å². The van der Waals surface area contributed by atoms with Gasteiger partial charge in [-0.25, -0.2) is 17.5 Å². The summed E-state index contributed by atoms with van der Waals surface area (Å²) in [6.07, 6.45) is 0. The summed E-state index contributed by atoms with van der Waals surface area (Å²) in [4.78, 5) is 2.35. The van der Waals surface area contributed by atoms with Gasteiger partial charge in [-0.05, 0) is 48.4 Å². The second-order valence-corrected chi connectivity index (χ2v) is 8.65. The van der Waals surface area contributed by atoms with Gasteiger partial charge in [-0.3, -0.25) is 4.90 Å². The topological polar surface area (TPSA) is 58.6 Å². The highest BCUT2D eigenvalue weighted by Crippen LogP contribution is 2.24. The minimum atomic E-state index is -3.70. The lowest BCUT2D eigenvalue weighted by Gasteiger charge is -2.35. The van der Waals surface area contributed by atoms with Crippen LogP contribution in [-0.2, 0) is 14.8 Å². The van der Waals surface area contributed by atoms with E-state index in [1.54, 1.807) is 31.2 Å². The number of nitrogens with zero attached hydrogens (tertiary/aromatic N) is 1. The highest BCUT2D eigenvalue weighted by molar-refractivity contribution is 7.89. The summed E-state index contributed by atoms with van der Waals surface area (Å²) in [7, 11) is -3.70. The molecule has 27 heavy (non-hydrogen) atoms. The average Bonchev–Trinajstić information content (AvgIpc) is 2.64. The van der Waals surface area contributed by atoms with Crippen molar-refractivity contribution in [2.45, 2.75) is 17.9 Å². The first-order chi connectivity index (χ1) is 12.9. The van der Waals surface area contributed by atoms with Gasteiger partial charge in [0.2, 0.25) is 10.0 Å². The Hall–Kier alpha value is -1.51. The highest BCUT2D eigenvalue weighted by atomic mass is 35.5. The van der Waals surface area contributed by atoms with E-state index >= 15 is 0 Å². The minimum Gasteiger partial charge on any atom is -0.379 e. The number of nitrogens with one attached hydrogen (secondary N) is 1. The molecule has 1 saturated heterocycles. The third kappa shape index (κ3) is 5.06. The van der Waals surface area contributed by atoms with Gasteiger partial charge < -0.3 is 4.74 Å². The van der Waals surface area contributed by atoms with Crippen molar-refractivity contribution in [2.24, 2.45) is 0 Å². The summed E-state index contributed by atoms with van der Waals surface area (Å²) < 4.78 is 47.0. The summed E-state index contributed by atoms with van der Waals surface area (Å²) in [5.41, 5.74) is 1.44. The SMILES string of the molecule is Cc1cc(Cl)ccc1S(=O)(=O)NCC(c1ccc(F)cc1)N1CCOCC1. The Morgan fingerprint density at radius 3 is 2.48 bits per heavy atom. The summed E-state index contributed by atoms with van der Waals surface area (Å²) in [6, 6.07) is 10.6. The molecule has 1 aliphatic rings. The molecule has 1 heterocycles. The van der Waals surface area contributed by atoms with Gasteiger partial charge in [-0.1, -0.05) is 23.7 Å². The molecule has 1 fully saturated rings. The first kappa shape index (κ1) is 20.2. The molecule has 5 nitrogen and oxygen atoms in total. The van der Waals surface area contributed by atoms with Crippen LogP contribution in [0.25, 0.3) is 0 Å². The molecule has 0 amide bonds. The van der Waals surface area contributed by atoms with E-state index in [-0.39, 0.29) is 23.3 Å². The molecular formula is C19H22ClFN2O3S. The summed E-state index contributed by atoms with van der Waals surface area (Å²) in [6.45, 7) is 4.42.